The highest BCUT2D eigenvalue weighted by Gasteiger charge is 2.20. The van der Waals surface area contributed by atoms with Gasteiger partial charge in [-0.25, -0.2) is 0 Å². The molecule has 0 aromatic heterocycles. The lowest BCUT2D eigenvalue weighted by atomic mass is 10.1. The van der Waals surface area contributed by atoms with Gasteiger partial charge in [0.2, 0.25) is 0 Å². The number of nitrogens with two attached hydrogens (primary N) is 1. The Hall–Kier alpha value is -2.69. The molecule has 4 N–H and O–H groups in total. The molecule has 1 saturated heterocycles. The number of likely N-dealkylation sites (tertiary alicyclic amines) is 1. The maximum Gasteiger partial charge on any atom is 0.282 e. The molecule has 4 heteroatoms. The Bertz CT molecular complexity index is 978. The van der Waals surface area contributed by atoms with Crippen molar-refractivity contribution < 1.29 is 15.0 Å². The van der Waals surface area contributed by atoms with Crippen molar-refractivity contribution in [3.05, 3.63) is 77.9 Å². The average Bonchev–Trinajstić information content (AvgIpc) is 3.26. The molecule has 1 aliphatic rings. The minimum Gasteiger partial charge on any atom is -0.332 e. The number of anilines is 1. The summed E-state index contributed by atoms with van der Waals surface area (Å²) in [6.07, 6.45) is 2.69. The fourth-order valence-corrected chi connectivity index (χ4v) is 4.18. The summed E-state index contributed by atoms with van der Waals surface area (Å²) in [6.45, 7) is 6.47. The summed E-state index contributed by atoms with van der Waals surface area (Å²) in [7, 11) is 0. The van der Waals surface area contributed by atoms with Gasteiger partial charge < -0.3 is 15.5 Å². The molecule has 1 fully saturated rings. The van der Waals surface area contributed by atoms with E-state index < -0.39 is 0 Å². The van der Waals surface area contributed by atoms with E-state index in [1.54, 1.807) is 4.90 Å². The van der Waals surface area contributed by atoms with Crippen molar-refractivity contribution in [3.63, 3.8) is 0 Å². The van der Waals surface area contributed by atoms with Crippen LogP contribution in [-0.4, -0.2) is 25.0 Å². The summed E-state index contributed by atoms with van der Waals surface area (Å²) in [6, 6.07) is 22.8. The van der Waals surface area contributed by atoms with Crippen molar-refractivity contribution in [2.75, 3.05) is 18.4 Å². The predicted octanol–water partition coefficient (Wildman–Crippen LogP) is 2.11. The van der Waals surface area contributed by atoms with Crippen molar-refractivity contribution in [3.8, 4) is 0 Å². The Labute approximate surface area is 172 Å². The molecule has 0 saturated carbocycles. The van der Waals surface area contributed by atoms with Crippen molar-refractivity contribution in [2.24, 2.45) is 0 Å². The van der Waals surface area contributed by atoms with Crippen LogP contribution in [-0.2, 0) is 17.9 Å². The summed E-state index contributed by atoms with van der Waals surface area (Å²) in [5, 5.41) is 7.52. The quantitative estimate of drug-likeness (QED) is 0.570. The Morgan fingerprint density at radius 1 is 0.966 bits per heavy atom. The Balaban J connectivity index is 1.35. The summed E-state index contributed by atoms with van der Waals surface area (Å²) in [5.74, 6) is 0.0444. The average molecular weight is 390 g/mol. The van der Waals surface area contributed by atoms with Gasteiger partial charge in [0.25, 0.3) is 5.91 Å². The molecule has 3 aromatic rings. The standard InChI is InChI=1S/C25H29N3O/c1-19(25(29)27-24-13-12-20-8-2-3-9-21(20)16-24)26-17-22-10-4-5-11-23(22)18-28-14-6-7-15-28/h2-5,8-13,16,19,26H,6-7,14-15,17-18H2,1H3,(H,27,29)/p+2/t19-/m0/s1. The van der Waals surface area contributed by atoms with Crippen LogP contribution in [0.2, 0.25) is 0 Å². The van der Waals surface area contributed by atoms with Gasteiger partial charge in [-0.05, 0) is 29.8 Å². The van der Waals surface area contributed by atoms with Gasteiger partial charge in [0.1, 0.15) is 13.1 Å². The van der Waals surface area contributed by atoms with Gasteiger partial charge in [0.05, 0.1) is 13.1 Å². The molecule has 1 aliphatic heterocycles. The van der Waals surface area contributed by atoms with Crippen molar-refractivity contribution in [1.82, 2.24) is 0 Å². The highest BCUT2D eigenvalue weighted by Crippen LogP contribution is 2.18. The lowest BCUT2D eigenvalue weighted by Gasteiger charge is -2.16. The molecule has 150 valence electrons. The van der Waals surface area contributed by atoms with Crippen LogP contribution in [0.15, 0.2) is 66.7 Å². The second-order valence-electron chi connectivity index (χ2n) is 8.18. The molecule has 0 unspecified atom stereocenters. The number of carbonyl (C=O) groups excluding carboxylic acids is 1. The zero-order valence-electron chi connectivity index (χ0n) is 17.2. The zero-order valence-corrected chi connectivity index (χ0v) is 17.2. The maximum absolute atomic E-state index is 12.7. The topological polar surface area (TPSA) is 50.2 Å². The smallest absolute Gasteiger partial charge is 0.282 e. The summed E-state index contributed by atoms with van der Waals surface area (Å²) >= 11 is 0. The normalized spacial score (nSPS) is 15.5. The number of rotatable bonds is 7. The molecule has 0 aliphatic carbocycles. The molecule has 1 amide bonds. The van der Waals surface area contributed by atoms with Gasteiger partial charge in [-0.1, -0.05) is 54.6 Å². The van der Waals surface area contributed by atoms with E-state index in [1.807, 2.05) is 31.2 Å². The molecule has 1 atom stereocenters. The Kier molecular flexibility index (Phi) is 6.23. The van der Waals surface area contributed by atoms with Gasteiger partial charge >= 0.3 is 0 Å². The van der Waals surface area contributed by atoms with Crippen LogP contribution in [0.3, 0.4) is 0 Å². The van der Waals surface area contributed by atoms with Crippen LogP contribution < -0.4 is 15.5 Å². The van der Waals surface area contributed by atoms with Crippen molar-refractivity contribution in [1.29, 1.82) is 0 Å². The van der Waals surface area contributed by atoms with Crippen LogP contribution in [0.5, 0.6) is 0 Å². The highest BCUT2D eigenvalue weighted by atomic mass is 16.2. The third-order valence-corrected chi connectivity index (χ3v) is 5.99. The van der Waals surface area contributed by atoms with Gasteiger partial charge in [-0.15, -0.1) is 0 Å². The zero-order chi connectivity index (χ0) is 20.1. The SMILES string of the molecule is C[C@H]([NH2+]Cc1ccccc1C[NH+]1CCCC1)C(=O)Nc1ccc2ccccc2c1. The molecule has 3 aromatic carbocycles. The number of hydrogen-bond acceptors (Lipinski definition) is 1. The van der Waals surface area contributed by atoms with E-state index in [-0.39, 0.29) is 11.9 Å². The monoisotopic (exact) mass is 389 g/mol. The number of amides is 1. The molecule has 4 rings (SSSR count). The van der Waals surface area contributed by atoms with Crippen LogP contribution in [0.1, 0.15) is 30.9 Å². The van der Waals surface area contributed by atoms with Crippen LogP contribution in [0.25, 0.3) is 10.8 Å². The molecule has 0 radical (unpaired) electrons. The van der Waals surface area contributed by atoms with Gasteiger partial charge in [0.15, 0.2) is 6.04 Å². The highest BCUT2D eigenvalue weighted by molar-refractivity contribution is 5.96. The van der Waals surface area contributed by atoms with E-state index in [0.29, 0.717) is 0 Å². The fourth-order valence-electron chi connectivity index (χ4n) is 4.18. The largest absolute Gasteiger partial charge is 0.332 e. The first-order valence-electron chi connectivity index (χ1n) is 10.7. The molecule has 0 spiro atoms. The lowest BCUT2D eigenvalue weighted by molar-refractivity contribution is -0.901. The van der Waals surface area contributed by atoms with E-state index in [4.69, 9.17) is 0 Å². The summed E-state index contributed by atoms with van der Waals surface area (Å²) in [4.78, 5) is 14.4. The van der Waals surface area contributed by atoms with E-state index in [1.165, 1.54) is 42.4 Å². The number of benzene rings is 3. The maximum atomic E-state index is 12.7. The van der Waals surface area contributed by atoms with E-state index >= 15 is 0 Å². The van der Waals surface area contributed by atoms with E-state index in [9.17, 15) is 4.79 Å². The van der Waals surface area contributed by atoms with Gasteiger partial charge in [-0.3, -0.25) is 4.79 Å². The third kappa shape index (κ3) is 5.03. The van der Waals surface area contributed by atoms with Crippen LogP contribution in [0, 0.1) is 0 Å². The Morgan fingerprint density at radius 2 is 1.66 bits per heavy atom. The van der Waals surface area contributed by atoms with Crippen LogP contribution in [0.4, 0.5) is 5.69 Å². The fraction of sp³-hybridized carbons (Fsp3) is 0.320. The lowest BCUT2D eigenvalue weighted by Crippen LogP contribution is -3.08. The van der Waals surface area contributed by atoms with E-state index in [2.05, 4.69) is 53.1 Å². The first kappa shape index (κ1) is 19.6. The molecule has 29 heavy (non-hydrogen) atoms. The summed E-state index contributed by atoms with van der Waals surface area (Å²) in [5.41, 5.74) is 3.62. The molecule has 4 nitrogen and oxygen atoms in total. The molecule has 0 bridgehead atoms. The summed E-state index contributed by atoms with van der Waals surface area (Å²) < 4.78 is 0. The Morgan fingerprint density at radius 3 is 2.45 bits per heavy atom. The second kappa shape index (κ2) is 9.21. The van der Waals surface area contributed by atoms with Gasteiger partial charge in [-0.2, -0.15) is 0 Å². The first-order chi connectivity index (χ1) is 14.2. The molecular formula is C25H31N3O+2. The number of carbonyl (C=O) groups is 1. The minimum atomic E-state index is -0.145. The van der Waals surface area contributed by atoms with Crippen LogP contribution >= 0.6 is 0 Å². The third-order valence-electron chi connectivity index (χ3n) is 5.99. The number of quaternary nitrogens is 2. The molecular weight excluding hydrogens is 358 g/mol. The molecule has 1 heterocycles. The number of hydrogen-bond donors (Lipinski definition) is 3. The minimum absolute atomic E-state index is 0.0444. The number of nitrogens with one attached hydrogen (secondary N) is 2. The predicted molar refractivity (Wildman–Crippen MR) is 118 cm³/mol. The second-order valence-corrected chi connectivity index (χ2v) is 8.18. The van der Waals surface area contributed by atoms with Crippen molar-refractivity contribution in [2.45, 2.75) is 38.9 Å². The number of fused-ring (bicyclic) bond motifs is 1. The van der Waals surface area contributed by atoms with E-state index in [0.717, 1.165) is 24.2 Å². The van der Waals surface area contributed by atoms with Gasteiger partial charge in [0, 0.05) is 29.7 Å². The first-order valence-corrected chi connectivity index (χ1v) is 10.7. The van der Waals surface area contributed by atoms with Crippen molar-refractivity contribution >= 4 is 22.4 Å².